The van der Waals surface area contributed by atoms with E-state index in [1.165, 1.54) is 25.2 Å². The van der Waals surface area contributed by atoms with E-state index in [9.17, 15) is 14.9 Å². The fourth-order valence-electron chi connectivity index (χ4n) is 1.88. The Hall–Kier alpha value is -2.60. The van der Waals surface area contributed by atoms with Crippen molar-refractivity contribution in [3.8, 4) is 0 Å². The number of nitro benzene ring substituents is 1. The van der Waals surface area contributed by atoms with Gasteiger partial charge in [0.2, 0.25) is 0 Å². The Labute approximate surface area is 125 Å². The molecule has 0 spiro atoms. The van der Waals surface area contributed by atoms with E-state index in [0.717, 1.165) is 0 Å². The predicted octanol–water partition coefficient (Wildman–Crippen LogP) is 3.54. The summed E-state index contributed by atoms with van der Waals surface area (Å²) in [6.45, 7) is 0. The molecule has 0 saturated carbocycles. The molecule has 1 amide bonds. The van der Waals surface area contributed by atoms with Crippen LogP contribution in [0.25, 0.3) is 0 Å². The number of carbonyl (C=O) groups is 1. The minimum absolute atomic E-state index is 0.152. The van der Waals surface area contributed by atoms with Gasteiger partial charge in [-0.15, -0.1) is 0 Å². The lowest BCUT2D eigenvalue weighted by Crippen LogP contribution is -2.14. The lowest BCUT2D eigenvalue weighted by atomic mass is 10.1. The van der Waals surface area contributed by atoms with Crippen molar-refractivity contribution in [2.24, 2.45) is 0 Å². The van der Waals surface area contributed by atoms with E-state index in [4.69, 9.17) is 11.6 Å². The number of amides is 1. The summed E-state index contributed by atoms with van der Waals surface area (Å²) in [6, 6.07) is 10.9. The van der Waals surface area contributed by atoms with Crippen LogP contribution in [0, 0.1) is 10.1 Å². The molecule has 0 bridgehead atoms. The lowest BCUT2D eigenvalue weighted by Gasteiger charge is -2.10. The molecular formula is C14H12ClN3O3. The van der Waals surface area contributed by atoms with E-state index in [1.54, 1.807) is 24.3 Å². The largest absolute Gasteiger partial charge is 0.382 e. The van der Waals surface area contributed by atoms with Gasteiger partial charge in [0, 0.05) is 23.8 Å². The van der Waals surface area contributed by atoms with Gasteiger partial charge in [0.05, 0.1) is 10.5 Å². The fourth-order valence-corrected chi connectivity index (χ4v) is 2.00. The first kappa shape index (κ1) is 14.8. The Kier molecular flexibility index (Phi) is 4.39. The average Bonchev–Trinajstić information content (AvgIpc) is 2.48. The van der Waals surface area contributed by atoms with Crippen molar-refractivity contribution in [3.05, 3.63) is 63.2 Å². The van der Waals surface area contributed by atoms with Crippen molar-refractivity contribution in [3.63, 3.8) is 0 Å². The van der Waals surface area contributed by atoms with Gasteiger partial charge in [-0.05, 0) is 30.3 Å². The molecule has 21 heavy (non-hydrogen) atoms. The summed E-state index contributed by atoms with van der Waals surface area (Å²) in [7, 11) is 1.53. The summed E-state index contributed by atoms with van der Waals surface area (Å²) in [5.74, 6) is -0.439. The van der Waals surface area contributed by atoms with Gasteiger partial charge in [0.1, 0.15) is 5.69 Å². The number of rotatable bonds is 4. The average molecular weight is 306 g/mol. The van der Waals surface area contributed by atoms with Crippen LogP contribution >= 0.6 is 11.6 Å². The fraction of sp³-hybridized carbons (Fsp3) is 0.0714. The van der Waals surface area contributed by atoms with E-state index in [2.05, 4.69) is 10.6 Å². The van der Waals surface area contributed by atoms with Crippen molar-refractivity contribution in [1.29, 1.82) is 0 Å². The minimum atomic E-state index is -0.537. The third-order valence-corrected chi connectivity index (χ3v) is 3.09. The smallest absolute Gasteiger partial charge is 0.293 e. The maximum atomic E-state index is 12.2. The molecule has 0 aromatic heterocycles. The SMILES string of the molecule is CNc1c(C(=O)Nc2ccc(Cl)cc2)cccc1[N+](=O)[O-]. The quantitative estimate of drug-likeness (QED) is 0.668. The third-order valence-electron chi connectivity index (χ3n) is 2.84. The molecule has 6 nitrogen and oxygen atoms in total. The molecule has 2 aromatic carbocycles. The van der Waals surface area contributed by atoms with Gasteiger partial charge < -0.3 is 10.6 Å². The molecule has 0 heterocycles. The zero-order valence-electron chi connectivity index (χ0n) is 11.1. The molecule has 2 N–H and O–H groups in total. The highest BCUT2D eigenvalue weighted by Gasteiger charge is 2.20. The molecule has 108 valence electrons. The maximum Gasteiger partial charge on any atom is 0.293 e. The van der Waals surface area contributed by atoms with Gasteiger partial charge in [-0.3, -0.25) is 14.9 Å². The van der Waals surface area contributed by atoms with Crippen LogP contribution in [0.3, 0.4) is 0 Å². The number of hydrogen-bond acceptors (Lipinski definition) is 4. The standard InChI is InChI=1S/C14H12ClN3O3/c1-16-13-11(3-2-4-12(13)18(20)21)14(19)17-10-7-5-9(15)6-8-10/h2-8,16H,1H3,(H,17,19). The Balaban J connectivity index is 2.33. The summed E-state index contributed by atoms with van der Waals surface area (Å²) in [5.41, 5.74) is 0.773. The summed E-state index contributed by atoms with van der Waals surface area (Å²) in [6.07, 6.45) is 0. The number of benzene rings is 2. The van der Waals surface area contributed by atoms with E-state index in [1.807, 2.05) is 0 Å². The van der Waals surface area contributed by atoms with Gasteiger partial charge >= 0.3 is 0 Å². The van der Waals surface area contributed by atoms with Crippen LogP contribution < -0.4 is 10.6 Å². The van der Waals surface area contributed by atoms with E-state index < -0.39 is 10.8 Å². The summed E-state index contributed by atoms with van der Waals surface area (Å²) in [5, 5.41) is 16.9. The molecule has 0 atom stereocenters. The second kappa shape index (κ2) is 6.23. The highest BCUT2D eigenvalue weighted by atomic mass is 35.5. The number of nitrogens with one attached hydrogen (secondary N) is 2. The second-order valence-electron chi connectivity index (χ2n) is 4.17. The Morgan fingerprint density at radius 3 is 2.43 bits per heavy atom. The Morgan fingerprint density at radius 2 is 1.86 bits per heavy atom. The van der Waals surface area contributed by atoms with Crippen molar-refractivity contribution in [2.75, 3.05) is 17.7 Å². The monoisotopic (exact) mass is 305 g/mol. The highest BCUT2D eigenvalue weighted by molar-refractivity contribution is 6.30. The molecule has 2 aromatic rings. The van der Waals surface area contributed by atoms with Gasteiger partial charge in [-0.2, -0.15) is 0 Å². The molecule has 2 rings (SSSR count). The highest BCUT2D eigenvalue weighted by Crippen LogP contribution is 2.28. The molecule has 0 fully saturated rings. The van der Waals surface area contributed by atoms with Gasteiger partial charge in [-0.1, -0.05) is 17.7 Å². The Morgan fingerprint density at radius 1 is 1.19 bits per heavy atom. The minimum Gasteiger partial charge on any atom is -0.382 e. The number of carbonyl (C=O) groups excluding carboxylic acids is 1. The van der Waals surface area contributed by atoms with Crippen molar-refractivity contribution in [2.45, 2.75) is 0 Å². The molecular weight excluding hydrogens is 294 g/mol. The zero-order valence-corrected chi connectivity index (χ0v) is 11.8. The first-order chi connectivity index (χ1) is 10.0. The Bertz CT molecular complexity index is 686. The normalized spacial score (nSPS) is 10.0. The maximum absolute atomic E-state index is 12.2. The zero-order chi connectivity index (χ0) is 15.4. The summed E-state index contributed by atoms with van der Waals surface area (Å²) < 4.78 is 0. The first-order valence-electron chi connectivity index (χ1n) is 6.05. The molecule has 0 aliphatic carbocycles. The van der Waals surface area contributed by atoms with Crippen LogP contribution in [-0.2, 0) is 0 Å². The van der Waals surface area contributed by atoms with Crippen LogP contribution in [0.15, 0.2) is 42.5 Å². The van der Waals surface area contributed by atoms with Gasteiger partial charge in [0.25, 0.3) is 11.6 Å². The summed E-state index contributed by atoms with van der Waals surface area (Å²) >= 11 is 5.77. The number of nitrogens with zero attached hydrogens (tertiary/aromatic N) is 1. The third kappa shape index (κ3) is 3.29. The van der Waals surface area contributed by atoms with Gasteiger partial charge in [0.15, 0.2) is 0 Å². The van der Waals surface area contributed by atoms with Crippen molar-refractivity contribution < 1.29 is 9.72 Å². The summed E-state index contributed by atoms with van der Waals surface area (Å²) in [4.78, 5) is 22.7. The second-order valence-corrected chi connectivity index (χ2v) is 4.60. The van der Waals surface area contributed by atoms with E-state index in [-0.39, 0.29) is 16.9 Å². The number of halogens is 1. The first-order valence-corrected chi connectivity index (χ1v) is 6.43. The molecule has 0 radical (unpaired) electrons. The van der Waals surface area contributed by atoms with Crippen LogP contribution in [-0.4, -0.2) is 17.9 Å². The van der Waals surface area contributed by atoms with Crippen molar-refractivity contribution >= 4 is 34.6 Å². The van der Waals surface area contributed by atoms with Crippen LogP contribution in [0.1, 0.15) is 10.4 Å². The molecule has 0 saturated heterocycles. The van der Waals surface area contributed by atoms with Crippen molar-refractivity contribution in [1.82, 2.24) is 0 Å². The lowest BCUT2D eigenvalue weighted by molar-refractivity contribution is -0.384. The van der Waals surface area contributed by atoms with Crippen LogP contribution in [0.4, 0.5) is 17.1 Å². The number of nitro groups is 1. The van der Waals surface area contributed by atoms with E-state index in [0.29, 0.717) is 10.7 Å². The van der Waals surface area contributed by atoms with Crippen LogP contribution in [0.2, 0.25) is 5.02 Å². The molecule has 7 heteroatoms. The van der Waals surface area contributed by atoms with E-state index >= 15 is 0 Å². The molecule has 0 unspecified atom stereocenters. The van der Waals surface area contributed by atoms with Crippen LogP contribution in [0.5, 0.6) is 0 Å². The number of anilines is 2. The molecule has 0 aliphatic rings. The molecule has 0 aliphatic heterocycles. The topological polar surface area (TPSA) is 84.3 Å². The predicted molar refractivity (Wildman–Crippen MR) is 82.0 cm³/mol. The number of hydrogen-bond donors (Lipinski definition) is 2. The van der Waals surface area contributed by atoms with Gasteiger partial charge in [-0.25, -0.2) is 0 Å². The number of para-hydroxylation sites is 1.